The molecule has 0 saturated heterocycles. The van der Waals surface area contributed by atoms with Crippen molar-refractivity contribution in [2.45, 2.75) is 84.8 Å². The minimum atomic E-state index is -0.806. The number of amides is 4. The molecule has 2 heterocycles. The maximum atomic E-state index is 13.7. The third kappa shape index (κ3) is 17.0. The second-order valence-corrected chi connectivity index (χ2v) is 15.7. The molecule has 0 fully saturated rings. The summed E-state index contributed by atoms with van der Waals surface area (Å²) in [6.45, 7) is 9.79. The number of ether oxygens (including phenoxy) is 4. The van der Waals surface area contributed by atoms with E-state index >= 15 is 0 Å². The van der Waals surface area contributed by atoms with Gasteiger partial charge in [0.25, 0.3) is 0 Å². The van der Waals surface area contributed by atoms with Gasteiger partial charge in [-0.3, -0.25) is 14.4 Å². The summed E-state index contributed by atoms with van der Waals surface area (Å²) in [6, 6.07) is 14.5. The Bertz CT molecular complexity index is 2140. The van der Waals surface area contributed by atoms with Gasteiger partial charge in [0, 0.05) is 61.7 Å². The van der Waals surface area contributed by atoms with Gasteiger partial charge in [0.05, 0.1) is 69.9 Å². The van der Waals surface area contributed by atoms with E-state index in [9.17, 15) is 19.2 Å². The first kappa shape index (κ1) is 50.8. The van der Waals surface area contributed by atoms with Crippen molar-refractivity contribution in [1.29, 1.82) is 0 Å². The molecule has 7 N–H and O–H groups in total. The second kappa shape index (κ2) is 28.0. The van der Waals surface area contributed by atoms with Gasteiger partial charge in [-0.05, 0) is 47.9 Å². The highest BCUT2D eigenvalue weighted by atomic mass is 16.6. The lowest BCUT2D eigenvalue weighted by atomic mass is 9.89. The number of urea groups is 1. The highest BCUT2D eigenvalue weighted by Gasteiger charge is 2.29. The molecule has 0 unspecified atom stereocenters. The molecule has 348 valence electrons. The third-order valence-corrected chi connectivity index (χ3v) is 10.4. The van der Waals surface area contributed by atoms with Crippen LogP contribution in [0.4, 0.5) is 10.6 Å². The van der Waals surface area contributed by atoms with E-state index in [0.29, 0.717) is 70.4 Å². The lowest BCUT2D eigenvalue weighted by Crippen LogP contribution is -2.46. The van der Waals surface area contributed by atoms with Crippen LogP contribution in [0.5, 0.6) is 0 Å². The summed E-state index contributed by atoms with van der Waals surface area (Å²) in [5.41, 5.74) is 24.3. The molecular weight excluding hydrogens is 823 g/mol. The number of hydrogen-bond acceptors (Lipinski definition) is 12. The highest BCUT2D eigenvalue weighted by Crippen LogP contribution is 2.30. The Morgan fingerprint density at radius 2 is 1.52 bits per heavy atom. The van der Waals surface area contributed by atoms with Crippen LogP contribution in [0.25, 0.3) is 32.4 Å². The number of imidazole rings is 1. The maximum absolute atomic E-state index is 13.7. The summed E-state index contributed by atoms with van der Waals surface area (Å²) in [5.74, 6) is -0.477. The summed E-state index contributed by atoms with van der Waals surface area (Å²) >= 11 is 0. The van der Waals surface area contributed by atoms with Gasteiger partial charge in [-0.1, -0.05) is 74.8 Å². The number of benzene rings is 2. The van der Waals surface area contributed by atoms with Crippen LogP contribution < -0.4 is 27.4 Å². The van der Waals surface area contributed by atoms with E-state index in [-0.39, 0.29) is 69.2 Å². The summed E-state index contributed by atoms with van der Waals surface area (Å²) in [7, 11) is 0. The number of ketones is 1. The number of para-hydroxylation sites is 1. The predicted octanol–water partition coefficient (Wildman–Crippen LogP) is 5.11. The summed E-state index contributed by atoms with van der Waals surface area (Å²) < 4.78 is 23.9. The number of Topliss-reactive ketones (excluding diaryl/α,β-unsaturated/α-hetero) is 1. The Hall–Kier alpha value is -5.85. The van der Waals surface area contributed by atoms with Crippen LogP contribution in [0.1, 0.15) is 76.2 Å². The minimum absolute atomic E-state index is 0.0444. The summed E-state index contributed by atoms with van der Waals surface area (Å²) in [6.07, 6.45) is 3.52. The summed E-state index contributed by atoms with van der Waals surface area (Å²) in [5, 5.41) is 12.8. The van der Waals surface area contributed by atoms with Gasteiger partial charge < -0.3 is 50.9 Å². The molecule has 64 heavy (non-hydrogen) atoms. The number of nitrogen functional groups attached to an aromatic ring is 1. The first-order valence-corrected chi connectivity index (χ1v) is 22.1. The highest BCUT2D eigenvalue weighted by molar-refractivity contribution is 6.06. The molecule has 0 spiro atoms. The molecule has 4 aromatic rings. The average Bonchev–Trinajstić information content (AvgIpc) is 3.64. The van der Waals surface area contributed by atoms with Crippen molar-refractivity contribution < 1.29 is 38.1 Å². The number of fused-ring (bicyclic) bond motifs is 3. The first-order valence-electron chi connectivity index (χ1n) is 22.1. The number of nitrogens with two attached hydrogens (primary N) is 2. The molecular formula is C45H65N11O8. The van der Waals surface area contributed by atoms with E-state index in [1.165, 1.54) is 0 Å². The van der Waals surface area contributed by atoms with Gasteiger partial charge in [0.1, 0.15) is 11.3 Å². The lowest BCUT2D eigenvalue weighted by Gasteiger charge is -2.24. The standard InChI is InChI=1S/C45H65N11O8/c1-4-5-12-38-53-41-42(35-10-6-7-11-36(35)52-43(41)46)56(38)30-33-15-13-32(14-16-33)29-50-44(59)34(9-8-18-49-45(47)60)28-37(57)40(31(2)3)54-39(58)17-20-61-22-24-63-26-27-64-25-23-62-21-19-51-55-48/h6-7,10-11,13-16,31,34,40H,4-5,8-9,12,17-30H2,1-3H3,(H2,46,52)(H,50,59)(H,54,58)(H3,47,49,60)/t34-,40+/m1/s1. The van der Waals surface area contributed by atoms with Crippen LogP contribution in [0.3, 0.4) is 0 Å². The predicted molar refractivity (Wildman–Crippen MR) is 244 cm³/mol. The quantitative estimate of drug-likeness (QED) is 0.0186. The minimum Gasteiger partial charge on any atom is -0.382 e. The van der Waals surface area contributed by atoms with E-state index in [1.807, 2.05) is 62.4 Å². The van der Waals surface area contributed by atoms with Gasteiger partial charge in [-0.2, -0.15) is 0 Å². The van der Waals surface area contributed by atoms with E-state index in [4.69, 9.17) is 40.9 Å². The number of carbonyl (C=O) groups excluding carboxylic acids is 4. The van der Waals surface area contributed by atoms with E-state index in [0.717, 1.165) is 52.6 Å². The molecule has 0 radical (unpaired) electrons. The Labute approximate surface area is 374 Å². The average molecular weight is 888 g/mol. The molecule has 19 heteroatoms. The van der Waals surface area contributed by atoms with E-state index in [1.54, 1.807) is 0 Å². The second-order valence-electron chi connectivity index (χ2n) is 15.7. The van der Waals surface area contributed by atoms with Crippen LogP contribution in [0.2, 0.25) is 0 Å². The van der Waals surface area contributed by atoms with Gasteiger partial charge in [-0.25, -0.2) is 14.8 Å². The smallest absolute Gasteiger partial charge is 0.312 e. The lowest BCUT2D eigenvalue weighted by molar-refractivity contribution is -0.133. The number of rotatable bonds is 32. The van der Waals surface area contributed by atoms with Crippen molar-refractivity contribution in [3.8, 4) is 0 Å². The molecule has 0 aliphatic heterocycles. The fraction of sp³-hybridized carbons (Fsp3) is 0.556. The largest absolute Gasteiger partial charge is 0.382 e. The fourth-order valence-corrected chi connectivity index (χ4v) is 7.08. The van der Waals surface area contributed by atoms with Crippen LogP contribution in [-0.2, 0) is 52.8 Å². The van der Waals surface area contributed by atoms with Gasteiger partial charge in [-0.15, -0.1) is 0 Å². The molecule has 4 rings (SSSR count). The zero-order chi connectivity index (χ0) is 46.1. The molecule has 0 bridgehead atoms. The van der Waals surface area contributed by atoms with Crippen molar-refractivity contribution in [2.24, 2.45) is 22.7 Å². The molecule has 4 amide bonds. The zero-order valence-electron chi connectivity index (χ0n) is 37.4. The van der Waals surface area contributed by atoms with Gasteiger partial charge >= 0.3 is 6.03 Å². The Kier molecular flexibility index (Phi) is 22.3. The number of aryl methyl sites for hydroxylation is 1. The number of hydrogen-bond donors (Lipinski definition) is 5. The number of pyridine rings is 1. The Balaban J connectivity index is 1.27. The first-order chi connectivity index (χ1) is 31.0. The zero-order valence-corrected chi connectivity index (χ0v) is 37.4. The number of primary amides is 1. The molecule has 0 aliphatic carbocycles. The number of nitrogens with one attached hydrogen (secondary N) is 3. The van der Waals surface area contributed by atoms with Crippen molar-refractivity contribution in [1.82, 2.24) is 30.5 Å². The fourth-order valence-electron chi connectivity index (χ4n) is 7.08. The topological polar surface area (TPSA) is 273 Å². The number of unbranched alkanes of at least 4 members (excludes halogenated alkanes) is 1. The van der Waals surface area contributed by atoms with Crippen LogP contribution in [0.15, 0.2) is 53.6 Å². The third-order valence-electron chi connectivity index (χ3n) is 10.4. The molecule has 2 aromatic carbocycles. The van der Waals surface area contributed by atoms with E-state index < -0.39 is 18.0 Å². The molecule has 0 saturated carbocycles. The molecule has 0 aliphatic rings. The Morgan fingerprint density at radius 1 is 0.859 bits per heavy atom. The van der Waals surface area contributed by atoms with Gasteiger partial charge in [0.15, 0.2) is 11.6 Å². The molecule has 2 aromatic heterocycles. The number of carbonyl (C=O) groups is 4. The number of nitrogens with zero attached hydrogens (tertiary/aromatic N) is 6. The molecule has 2 atom stereocenters. The number of anilines is 1. The summed E-state index contributed by atoms with van der Waals surface area (Å²) in [4.78, 5) is 63.8. The van der Waals surface area contributed by atoms with Crippen molar-refractivity contribution in [3.05, 3.63) is 75.9 Å². The SMILES string of the molecule is CCCCc1nc2c(N)nc3ccccc3c2n1Cc1ccc(CNC(=O)[C@H](CCCNC(N)=O)CC(=O)[C@@H](NC(=O)CCOCCOCCOCCOCCN=[N+]=[N-])C(C)C)cc1. The monoisotopic (exact) mass is 888 g/mol. The van der Waals surface area contributed by atoms with Crippen molar-refractivity contribution >= 4 is 51.4 Å². The molecule has 19 nitrogen and oxygen atoms in total. The van der Waals surface area contributed by atoms with E-state index in [2.05, 4.69) is 42.5 Å². The van der Waals surface area contributed by atoms with Crippen LogP contribution >= 0.6 is 0 Å². The van der Waals surface area contributed by atoms with Gasteiger partial charge in [0.2, 0.25) is 11.8 Å². The van der Waals surface area contributed by atoms with Crippen LogP contribution in [0, 0.1) is 11.8 Å². The number of aromatic nitrogens is 3. The van der Waals surface area contributed by atoms with Crippen molar-refractivity contribution in [3.63, 3.8) is 0 Å². The van der Waals surface area contributed by atoms with Crippen LogP contribution in [-0.4, -0.2) is 110 Å². The normalized spacial score (nSPS) is 12.2. The van der Waals surface area contributed by atoms with Crippen molar-refractivity contribution in [2.75, 3.05) is 71.7 Å². The number of azide groups is 1. The Morgan fingerprint density at radius 3 is 2.17 bits per heavy atom. The maximum Gasteiger partial charge on any atom is 0.312 e.